The van der Waals surface area contributed by atoms with Crippen molar-refractivity contribution in [3.63, 3.8) is 0 Å². The molecule has 0 radical (unpaired) electrons. The Hall–Kier alpha value is -2.63. The molecule has 0 aliphatic heterocycles. The zero-order valence-electron chi connectivity index (χ0n) is 15.6. The molecule has 25 heavy (non-hydrogen) atoms. The lowest BCUT2D eigenvalue weighted by Gasteiger charge is -2.19. The summed E-state index contributed by atoms with van der Waals surface area (Å²) < 4.78 is 5.08. The fraction of sp³-hybridized carbons (Fsp3) is 0.421. The number of benzene rings is 1. The Morgan fingerprint density at radius 2 is 1.80 bits per heavy atom. The minimum Gasteiger partial charge on any atom is -0.351 e. The molecule has 1 heterocycles. The number of aromatic nitrogens is 1. The highest BCUT2D eigenvalue weighted by molar-refractivity contribution is 6.02. The van der Waals surface area contributed by atoms with Crippen LogP contribution in [0.4, 0.5) is 11.4 Å². The maximum atomic E-state index is 12.2. The Bertz CT molecular complexity index is 785. The van der Waals surface area contributed by atoms with Crippen molar-refractivity contribution in [1.82, 2.24) is 5.16 Å². The number of hydrogen-bond donors (Lipinski definition) is 2. The number of rotatable bonds is 4. The van der Waals surface area contributed by atoms with E-state index in [-0.39, 0.29) is 23.5 Å². The Kier molecular flexibility index (Phi) is 5.30. The first kappa shape index (κ1) is 18.7. The number of carbonyl (C=O) groups is 2. The van der Waals surface area contributed by atoms with Crippen molar-refractivity contribution in [3.8, 4) is 0 Å². The molecule has 0 saturated carbocycles. The molecule has 0 unspecified atom stereocenters. The van der Waals surface area contributed by atoms with E-state index in [2.05, 4.69) is 15.8 Å². The molecule has 6 nitrogen and oxygen atoms in total. The molecule has 2 aromatic rings. The Balaban J connectivity index is 2.09. The van der Waals surface area contributed by atoms with Crippen molar-refractivity contribution in [2.75, 3.05) is 10.6 Å². The van der Waals surface area contributed by atoms with Crippen LogP contribution in [0.25, 0.3) is 0 Å². The van der Waals surface area contributed by atoms with Gasteiger partial charge in [-0.05, 0) is 36.6 Å². The lowest BCUT2D eigenvalue weighted by Crippen LogP contribution is -2.27. The average Bonchev–Trinajstić information content (AvgIpc) is 2.99. The third-order valence-corrected chi connectivity index (χ3v) is 3.76. The number of amides is 2. The summed E-state index contributed by atoms with van der Waals surface area (Å²) in [6.07, 6.45) is 0. The van der Waals surface area contributed by atoms with E-state index in [0.29, 0.717) is 5.69 Å². The summed E-state index contributed by atoms with van der Waals surface area (Å²) in [6.45, 7) is 11.4. The number of carbonyl (C=O) groups excluding carboxylic acids is 2. The molecular weight excluding hydrogens is 318 g/mol. The molecule has 6 heteroatoms. The minimum absolute atomic E-state index is 0.0599. The standard InChI is InChI=1S/C19H25N3O3/c1-11(2)15-10-16(25-22-15)17(23)20-13-7-8-14(12(3)9-13)21-18(24)19(4,5)6/h7-11H,1-6H3,(H,20,23)(H,21,24). The molecule has 2 N–H and O–H groups in total. The molecule has 0 saturated heterocycles. The summed E-state index contributed by atoms with van der Waals surface area (Å²) in [6, 6.07) is 6.96. The van der Waals surface area contributed by atoms with E-state index in [1.54, 1.807) is 24.3 Å². The van der Waals surface area contributed by atoms with E-state index >= 15 is 0 Å². The van der Waals surface area contributed by atoms with E-state index in [1.807, 2.05) is 41.5 Å². The van der Waals surface area contributed by atoms with Crippen LogP contribution < -0.4 is 10.6 Å². The predicted molar refractivity (Wildman–Crippen MR) is 97.8 cm³/mol. The highest BCUT2D eigenvalue weighted by Gasteiger charge is 2.22. The van der Waals surface area contributed by atoms with Crippen molar-refractivity contribution in [1.29, 1.82) is 0 Å². The topological polar surface area (TPSA) is 84.2 Å². The quantitative estimate of drug-likeness (QED) is 0.864. The molecule has 0 fully saturated rings. The summed E-state index contributed by atoms with van der Waals surface area (Å²) in [7, 11) is 0. The molecule has 0 atom stereocenters. The number of anilines is 2. The zero-order valence-corrected chi connectivity index (χ0v) is 15.6. The maximum absolute atomic E-state index is 12.2. The molecular formula is C19H25N3O3. The van der Waals surface area contributed by atoms with Gasteiger partial charge in [0.05, 0.1) is 5.69 Å². The molecule has 1 aromatic heterocycles. The molecule has 0 aliphatic carbocycles. The van der Waals surface area contributed by atoms with E-state index in [1.165, 1.54) is 0 Å². The molecule has 2 rings (SSSR count). The van der Waals surface area contributed by atoms with Crippen LogP contribution in [0.15, 0.2) is 28.8 Å². The van der Waals surface area contributed by atoms with E-state index in [4.69, 9.17) is 4.52 Å². The van der Waals surface area contributed by atoms with E-state index in [0.717, 1.165) is 16.9 Å². The van der Waals surface area contributed by atoms with Gasteiger partial charge in [-0.2, -0.15) is 0 Å². The largest absolute Gasteiger partial charge is 0.351 e. The van der Waals surface area contributed by atoms with Crippen LogP contribution in [0.5, 0.6) is 0 Å². The highest BCUT2D eigenvalue weighted by Crippen LogP contribution is 2.23. The second-order valence-electron chi connectivity index (χ2n) is 7.46. The van der Waals surface area contributed by atoms with Crippen LogP contribution in [-0.2, 0) is 4.79 Å². The van der Waals surface area contributed by atoms with Crippen LogP contribution in [0, 0.1) is 12.3 Å². The second kappa shape index (κ2) is 7.09. The lowest BCUT2D eigenvalue weighted by molar-refractivity contribution is -0.123. The van der Waals surface area contributed by atoms with Gasteiger partial charge in [-0.3, -0.25) is 9.59 Å². The van der Waals surface area contributed by atoms with Gasteiger partial charge in [0.25, 0.3) is 5.91 Å². The molecule has 0 bridgehead atoms. The normalized spacial score (nSPS) is 11.5. The van der Waals surface area contributed by atoms with Gasteiger partial charge in [-0.25, -0.2) is 0 Å². The monoisotopic (exact) mass is 343 g/mol. The van der Waals surface area contributed by atoms with Crippen molar-refractivity contribution < 1.29 is 14.1 Å². The van der Waals surface area contributed by atoms with E-state index in [9.17, 15) is 9.59 Å². The summed E-state index contributed by atoms with van der Waals surface area (Å²) in [4.78, 5) is 24.3. The molecule has 134 valence electrons. The van der Waals surface area contributed by atoms with Gasteiger partial charge in [-0.15, -0.1) is 0 Å². The van der Waals surface area contributed by atoms with Crippen LogP contribution in [0.1, 0.15) is 62.3 Å². The fourth-order valence-corrected chi connectivity index (χ4v) is 2.05. The summed E-state index contributed by atoms with van der Waals surface area (Å²) in [5, 5.41) is 9.56. The summed E-state index contributed by atoms with van der Waals surface area (Å²) >= 11 is 0. The van der Waals surface area contributed by atoms with Gasteiger partial charge >= 0.3 is 0 Å². The van der Waals surface area contributed by atoms with Gasteiger partial charge in [-0.1, -0.05) is 39.8 Å². The first-order chi connectivity index (χ1) is 11.6. The second-order valence-corrected chi connectivity index (χ2v) is 7.46. The average molecular weight is 343 g/mol. The molecule has 1 aromatic carbocycles. The Morgan fingerprint density at radius 3 is 2.32 bits per heavy atom. The molecule has 0 spiro atoms. The van der Waals surface area contributed by atoms with Crippen molar-refractivity contribution >= 4 is 23.2 Å². The number of hydrogen-bond acceptors (Lipinski definition) is 4. The van der Waals surface area contributed by atoms with Crippen molar-refractivity contribution in [2.24, 2.45) is 5.41 Å². The smallest absolute Gasteiger partial charge is 0.294 e. The SMILES string of the molecule is Cc1cc(NC(=O)c2cc(C(C)C)no2)ccc1NC(=O)C(C)(C)C. The fourth-order valence-electron chi connectivity index (χ4n) is 2.05. The van der Waals surface area contributed by atoms with Gasteiger partial charge in [0, 0.05) is 22.9 Å². The zero-order chi connectivity index (χ0) is 18.8. The first-order valence-electron chi connectivity index (χ1n) is 8.28. The predicted octanol–water partition coefficient (Wildman–Crippen LogP) is 4.34. The Morgan fingerprint density at radius 1 is 1.12 bits per heavy atom. The summed E-state index contributed by atoms with van der Waals surface area (Å²) in [5.74, 6) is -0.0507. The summed E-state index contributed by atoms with van der Waals surface area (Å²) in [5.41, 5.74) is 2.47. The molecule has 2 amide bonds. The van der Waals surface area contributed by atoms with Crippen LogP contribution in [0.3, 0.4) is 0 Å². The third kappa shape index (κ3) is 4.68. The van der Waals surface area contributed by atoms with Gasteiger partial charge in [0.1, 0.15) is 0 Å². The van der Waals surface area contributed by atoms with E-state index < -0.39 is 5.41 Å². The number of nitrogens with zero attached hydrogens (tertiary/aromatic N) is 1. The maximum Gasteiger partial charge on any atom is 0.294 e. The van der Waals surface area contributed by atoms with Crippen LogP contribution >= 0.6 is 0 Å². The van der Waals surface area contributed by atoms with Gasteiger partial charge < -0.3 is 15.2 Å². The minimum atomic E-state index is -0.472. The number of nitrogens with one attached hydrogen (secondary N) is 2. The number of aryl methyl sites for hydroxylation is 1. The van der Waals surface area contributed by atoms with Gasteiger partial charge in [0.2, 0.25) is 11.7 Å². The van der Waals surface area contributed by atoms with Crippen molar-refractivity contribution in [2.45, 2.75) is 47.5 Å². The van der Waals surface area contributed by atoms with Crippen molar-refractivity contribution in [3.05, 3.63) is 41.3 Å². The first-order valence-corrected chi connectivity index (χ1v) is 8.28. The highest BCUT2D eigenvalue weighted by atomic mass is 16.5. The van der Waals surface area contributed by atoms with Gasteiger partial charge in [0.15, 0.2) is 0 Å². The molecule has 0 aliphatic rings. The lowest BCUT2D eigenvalue weighted by atomic mass is 9.95. The Labute approximate surface area is 148 Å². The third-order valence-electron chi connectivity index (χ3n) is 3.76. The van der Waals surface area contributed by atoms with Crippen LogP contribution in [-0.4, -0.2) is 17.0 Å². The van der Waals surface area contributed by atoms with Crippen LogP contribution in [0.2, 0.25) is 0 Å².